The van der Waals surface area contributed by atoms with Gasteiger partial charge in [0.2, 0.25) is 0 Å². The lowest BCUT2D eigenvalue weighted by Gasteiger charge is -2.38. The molecule has 1 aliphatic carbocycles. The Balaban J connectivity index is 1.30. The molecule has 8 heteroatoms. The summed E-state index contributed by atoms with van der Waals surface area (Å²) in [7, 11) is 0. The highest BCUT2D eigenvalue weighted by Gasteiger charge is 2.54. The average molecular weight is 405 g/mol. The van der Waals surface area contributed by atoms with Crippen LogP contribution >= 0.6 is 11.3 Å². The van der Waals surface area contributed by atoms with Crippen LogP contribution in [0, 0.1) is 0 Å². The Morgan fingerprint density at radius 2 is 1.69 bits per heavy atom. The van der Waals surface area contributed by atoms with Crippen LogP contribution in [0.1, 0.15) is 23.4 Å². The summed E-state index contributed by atoms with van der Waals surface area (Å²) < 4.78 is 0. The molecule has 5 rings (SSSR count). The molecule has 0 atom stereocenters. The quantitative estimate of drug-likeness (QED) is 0.609. The predicted molar refractivity (Wildman–Crippen MR) is 108 cm³/mol. The summed E-state index contributed by atoms with van der Waals surface area (Å²) in [5.41, 5.74) is 1.71. The van der Waals surface area contributed by atoms with Crippen molar-refractivity contribution < 1.29 is 9.59 Å². The van der Waals surface area contributed by atoms with Crippen LogP contribution in [0.25, 0.3) is 10.6 Å². The zero-order valence-electron chi connectivity index (χ0n) is 15.7. The van der Waals surface area contributed by atoms with E-state index < -0.39 is 11.8 Å². The Hall–Kier alpha value is -3.13. The Labute approximate surface area is 172 Å². The highest BCUT2D eigenvalue weighted by Crippen LogP contribution is 2.51. The molecule has 3 aromatic rings. The van der Waals surface area contributed by atoms with Crippen molar-refractivity contribution in [2.75, 3.05) is 13.1 Å². The second-order valence-electron chi connectivity index (χ2n) is 7.32. The average Bonchev–Trinajstić information content (AvgIpc) is 3.44. The van der Waals surface area contributed by atoms with Gasteiger partial charge in [-0.25, -0.2) is 0 Å². The van der Waals surface area contributed by atoms with E-state index >= 15 is 0 Å². The van der Waals surface area contributed by atoms with Crippen LogP contribution in [0.5, 0.6) is 0 Å². The fourth-order valence-corrected chi connectivity index (χ4v) is 4.77. The normalized spacial score (nSPS) is 18.2. The second kappa shape index (κ2) is 7.04. The molecule has 146 valence electrons. The van der Waals surface area contributed by atoms with Gasteiger partial charge in [0, 0.05) is 31.0 Å². The highest BCUT2D eigenvalue weighted by atomic mass is 32.1. The molecular formula is C21H19N5O2S. The number of amides is 2. The third-order valence-electron chi connectivity index (χ3n) is 5.58. The SMILES string of the molecule is O=C1C(=O)N(C2(c3ccncc3)CC2)CCN1Cc1nnc(-c2ccccc2)s1. The maximum atomic E-state index is 12.9. The van der Waals surface area contributed by atoms with Gasteiger partial charge >= 0.3 is 11.8 Å². The van der Waals surface area contributed by atoms with Crippen LogP contribution in [0.15, 0.2) is 54.9 Å². The summed E-state index contributed by atoms with van der Waals surface area (Å²) in [5.74, 6) is -0.897. The van der Waals surface area contributed by atoms with Crippen LogP contribution in [0.3, 0.4) is 0 Å². The Bertz CT molecular complexity index is 1050. The van der Waals surface area contributed by atoms with E-state index in [1.165, 1.54) is 11.3 Å². The van der Waals surface area contributed by atoms with E-state index in [1.54, 1.807) is 22.2 Å². The van der Waals surface area contributed by atoms with Crippen LogP contribution in [-0.4, -0.2) is 49.9 Å². The van der Waals surface area contributed by atoms with Gasteiger partial charge in [0.05, 0.1) is 12.1 Å². The van der Waals surface area contributed by atoms with Crippen molar-refractivity contribution >= 4 is 23.2 Å². The fraction of sp³-hybridized carbons (Fsp3) is 0.286. The van der Waals surface area contributed by atoms with Gasteiger partial charge in [-0.3, -0.25) is 14.6 Å². The van der Waals surface area contributed by atoms with E-state index in [2.05, 4.69) is 15.2 Å². The molecule has 2 amide bonds. The van der Waals surface area contributed by atoms with E-state index in [0.29, 0.717) is 19.6 Å². The smallest absolute Gasteiger partial charge is 0.312 e. The number of carbonyl (C=O) groups excluding carboxylic acids is 2. The molecule has 0 bridgehead atoms. The first-order valence-corrected chi connectivity index (χ1v) is 10.4. The minimum absolute atomic E-state index is 0.311. The van der Waals surface area contributed by atoms with Crippen LogP contribution < -0.4 is 0 Å². The number of aromatic nitrogens is 3. The third kappa shape index (κ3) is 3.19. The molecule has 1 aromatic carbocycles. The molecule has 0 spiro atoms. The summed E-state index contributed by atoms with van der Waals surface area (Å²) in [6, 6.07) is 13.7. The molecule has 1 saturated carbocycles. The van der Waals surface area contributed by atoms with Crippen molar-refractivity contribution in [1.82, 2.24) is 25.0 Å². The summed E-state index contributed by atoms with van der Waals surface area (Å²) >= 11 is 1.45. The number of hydrogen-bond acceptors (Lipinski definition) is 6. The maximum Gasteiger partial charge on any atom is 0.312 e. The molecule has 1 saturated heterocycles. The lowest BCUT2D eigenvalue weighted by Crippen LogP contribution is -2.57. The summed E-state index contributed by atoms with van der Waals surface area (Å²) in [5, 5.41) is 9.99. The Kier molecular flexibility index (Phi) is 4.35. The first-order chi connectivity index (χ1) is 14.2. The van der Waals surface area contributed by atoms with Gasteiger partial charge in [-0.15, -0.1) is 10.2 Å². The molecule has 3 heterocycles. The number of piperazine rings is 1. The third-order valence-corrected chi connectivity index (χ3v) is 6.54. The van der Waals surface area contributed by atoms with Crippen LogP contribution in [0.2, 0.25) is 0 Å². The first kappa shape index (κ1) is 17.9. The Morgan fingerprint density at radius 1 is 0.931 bits per heavy atom. The van der Waals surface area contributed by atoms with Crippen molar-refractivity contribution in [3.05, 3.63) is 65.4 Å². The monoisotopic (exact) mass is 405 g/mol. The minimum atomic E-state index is -0.465. The van der Waals surface area contributed by atoms with Crippen molar-refractivity contribution in [3.63, 3.8) is 0 Å². The van der Waals surface area contributed by atoms with E-state index in [4.69, 9.17) is 0 Å². The standard InChI is InChI=1S/C21H19N5O2S/c27-19-20(28)26(21(8-9-21)16-6-10-22-11-7-16)13-12-25(19)14-17-23-24-18(29-17)15-4-2-1-3-5-15/h1-7,10-11H,8-9,12-14H2. The molecule has 0 radical (unpaired) electrons. The number of carbonyl (C=O) groups is 2. The van der Waals surface area contributed by atoms with Crippen molar-refractivity contribution in [2.45, 2.75) is 24.9 Å². The molecule has 0 N–H and O–H groups in total. The molecule has 29 heavy (non-hydrogen) atoms. The van der Waals surface area contributed by atoms with Gasteiger partial charge < -0.3 is 9.80 Å². The van der Waals surface area contributed by atoms with Gasteiger partial charge in [0.1, 0.15) is 10.0 Å². The molecule has 2 aliphatic rings. The van der Waals surface area contributed by atoms with E-state index in [-0.39, 0.29) is 5.54 Å². The van der Waals surface area contributed by atoms with E-state index in [0.717, 1.165) is 34.0 Å². The molecule has 2 aromatic heterocycles. The molecule has 7 nitrogen and oxygen atoms in total. The minimum Gasteiger partial charge on any atom is -0.326 e. The highest BCUT2D eigenvalue weighted by molar-refractivity contribution is 7.14. The molecule has 2 fully saturated rings. The number of hydrogen-bond donors (Lipinski definition) is 0. The lowest BCUT2D eigenvalue weighted by molar-refractivity contribution is -0.159. The molecule has 1 aliphatic heterocycles. The van der Waals surface area contributed by atoms with Gasteiger partial charge in [-0.05, 0) is 30.5 Å². The van der Waals surface area contributed by atoms with Gasteiger partial charge in [-0.2, -0.15) is 0 Å². The summed E-state index contributed by atoms with van der Waals surface area (Å²) in [6.45, 7) is 1.33. The van der Waals surface area contributed by atoms with Crippen molar-refractivity contribution in [1.29, 1.82) is 0 Å². The van der Waals surface area contributed by atoms with E-state index in [1.807, 2.05) is 42.5 Å². The van der Waals surface area contributed by atoms with Gasteiger partial charge in [-0.1, -0.05) is 41.7 Å². The van der Waals surface area contributed by atoms with E-state index in [9.17, 15) is 9.59 Å². The number of benzene rings is 1. The zero-order chi connectivity index (χ0) is 19.8. The van der Waals surface area contributed by atoms with Gasteiger partial charge in [0.15, 0.2) is 0 Å². The maximum absolute atomic E-state index is 12.9. The van der Waals surface area contributed by atoms with Crippen molar-refractivity contribution in [3.8, 4) is 10.6 Å². The summed E-state index contributed by atoms with van der Waals surface area (Å²) in [6.07, 6.45) is 5.23. The number of nitrogens with zero attached hydrogens (tertiary/aromatic N) is 5. The Morgan fingerprint density at radius 3 is 2.41 bits per heavy atom. The lowest BCUT2D eigenvalue weighted by atomic mass is 10.0. The second-order valence-corrected chi connectivity index (χ2v) is 8.38. The molecular weight excluding hydrogens is 386 g/mol. The fourth-order valence-electron chi connectivity index (χ4n) is 3.91. The number of pyridine rings is 1. The number of rotatable bonds is 5. The van der Waals surface area contributed by atoms with Crippen molar-refractivity contribution in [2.24, 2.45) is 0 Å². The topological polar surface area (TPSA) is 79.3 Å². The van der Waals surface area contributed by atoms with Crippen LogP contribution in [0.4, 0.5) is 0 Å². The zero-order valence-corrected chi connectivity index (χ0v) is 16.5. The van der Waals surface area contributed by atoms with Gasteiger partial charge in [0.25, 0.3) is 0 Å². The molecule has 0 unspecified atom stereocenters. The van der Waals surface area contributed by atoms with Crippen LogP contribution in [-0.2, 0) is 21.7 Å². The first-order valence-electron chi connectivity index (χ1n) is 9.56. The largest absolute Gasteiger partial charge is 0.326 e. The summed E-state index contributed by atoms with van der Waals surface area (Å²) in [4.78, 5) is 33.1. The predicted octanol–water partition coefficient (Wildman–Crippen LogP) is 2.46.